The van der Waals surface area contributed by atoms with Crippen LogP contribution in [0.4, 0.5) is 13.2 Å². The molecule has 2 aliphatic rings. The van der Waals surface area contributed by atoms with Crippen LogP contribution < -0.4 is 0 Å². The number of rotatable bonds is 6. The lowest BCUT2D eigenvalue weighted by Gasteiger charge is -2.35. The molecule has 0 radical (unpaired) electrons. The standard InChI is InChI=1S/C21H20ClF3N2O5S2/c1-30-32-33-27-9-6-13(7-10-27)19-16-5-4-15(22)12-17(16)18(31-34(28,29)21(23,24)25)11-14-3-2-8-26-20(14)19/h2-5,8,11-13,19H,6-7,9-10H2,1H3. The molecule has 7 nitrogen and oxygen atoms in total. The minimum Gasteiger partial charge on any atom is -0.375 e. The summed E-state index contributed by atoms with van der Waals surface area (Å²) in [6.07, 6.45) is 4.35. The monoisotopic (exact) mass is 536 g/mol. The minimum absolute atomic E-state index is 0.0694. The highest BCUT2D eigenvalue weighted by Crippen LogP contribution is 2.46. The molecule has 13 heteroatoms. The highest BCUT2D eigenvalue weighted by atomic mass is 35.5. The van der Waals surface area contributed by atoms with Crippen LogP contribution in [0.25, 0.3) is 11.8 Å². The van der Waals surface area contributed by atoms with Crippen molar-refractivity contribution >= 4 is 45.8 Å². The molecule has 0 saturated carbocycles. The van der Waals surface area contributed by atoms with E-state index in [9.17, 15) is 21.6 Å². The van der Waals surface area contributed by atoms with Crippen molar-refractivity contribution in [2.24, 2.45) is 5.92 Å². The topological polar surface area (TPSA) is 78.0 Å². The summed E-state index contributed by atoms with van der Waals surface area (Å²) in [5.74, 6) is -0.696. The lowest BCUT2D eigenvalue weighted by atomic mass is 9.76. The Morgan fingerprint density at radius 1 is 1.21 bits per heavy atom. The van der Waals surface area contributed by atoms with E-state index in [1.54, 1.807) is 30.5 Å². The number of benzene rings is 1. The molecule has 4 rings (SSSR count). The van der Waals surface area contributed by atoms with Gasteiger partial charge in [-0.2, -0.15) is 21.6 Å². The van der Waals surface area contributed by atoms with Crippen LogP contribution in [0.2, 0.25) is 5.02 Å². The summed E-state index contributed by atoms with van der Waals surface area (Å²) in [5.41, 5.74) is -3.68. The van der Waals surface area contributed by atoms with Crippen LogP contribution in [-0.4, -0.2) is 43.4 Å². The summed E-state index contributed by atoms with van der Waals surface area (Å²) in [4.78, 5) is 9.17. The second-order valence-electron chi connectivity index (χ2n) is 7.75. The highest BCUT2D eigenvalue weighted by molar-refractivity contribution is 7.92. The third-order valence-electron chi connectivity index (χ3n) is 5.73. The van der Waals surface area contributed by atoms with Gasteiger partial charge in [0.25, 0.3) is 0 Å². The van der Waals surface area contributed by atoms with Gasteiger partial charge in [0.2, 0.25) is 0 Å². The zero-order chi connectivity index (χ0) is 24.5. The predicted octanol–water partition coefficient (Wildman–Crippen LogP) is 5.40. The second-order valence-corrected chi connectivity index (χ2v) is 10.5. The molecule has 2 heterocycles. The fraction of sp³-hybridized carbons (Fsp3) is 0.381. The van der Waals surface area contributed by atoms with Crippen LogP contribution in [0, 0.1) is 5.92 Å². The molecule has 0 bridgehead atoms. The van der Waals surface area contributed by atoms with Crippen molar-refractivity contribution in [3.05, 3.63) is 63.9 Å². The van der Waals surface area contributed by atoms with Crippen LogP contribution in [0.3, 0.4) is 0 Å². The first-order valence-corrected chi connectivity index (χ1v) is 12.7. The van der Waals surface area contributed by atoms with Crippen molar-refractivity contribution in [2.75, 3.05) is 20.2 Å². The Balaban J connectivity index is 1.78. The maximum absolute atomic E-state index is 13.1. The summed E-state index contributed by atoms with van der Waals surface area (Å²) in [6.45, 7) is 1.36. The average molecular weight is 537 g/mol. The van der Waals surface area contributed by atoms with E-state index in [-0.39, 0.29) is 22.4 Å². The number of halogens is 4. The fourth-order valence-corrected chi connectivity index (χ4v) is 5.41. The van der Waals surface area contributed by atoms with E-state index in [4.69, 9.17) is 15.9 Å². The summed E-state index contributed by atoms with van der Waals surface area (Å²) in [6, 6.07) is 8.04. The summed E-state index contributed by atoms with van der Waals surface area (Å²) >= 11 is 7.27. The van der Waals surface area contributed by atoms with Gasteiger partial charge in [0.1, 0.15) is 12.2 Å². The molecular weight excluding hydrogens is 517 g/mol. The fourth-order valence-electron chi connectivity index (χ4n) is 4.26. The number of piperidine rings is 1. The van der Waals surface area contributed by atoms with E-state index in [0.29, 0.717) is 29.9 Å². The number of alkyl halides is 3. The Morgan fingerprint density at radius 2 is 1.94 bits per heavy atom. The molecule has 1 aromatic carbocycles. The van der Waals surface area contributed by atoms with Crippen molar-refractivity contribution < 1.29 is 35.0 Å². The van der Waals surface area contributed by atoms with Crippen LogP contribution in [0.15, 0.2) is 36.5 Å². The van der Waals surface area contributed by atoms with Crippen LogP contribution >= 0.6 is 23.8 Å². The first kappa shape index (κ1) is 25.3. The molecule has 1 atom stereocenters. The first-order chi connectivity index (χ1) is 16.1. The molecule has 0 amide bonds. The van der Waals surface area contributed by atoms with Gasteiger partial charge in [-0.05, 0) is 48.6 Å². The largest absolute Gasteiger partial charge is 0.534 e. The molecular formula is C21H20ClF3N2O5S2. The number of nitrogens with zero attached hydrogens (tertiary/aromatic N) is 2. The number of pyridine rings is 1. The van der Waals surface area contributed by atoms with Gasteiger partial charge in [-0.1, -0.05) is 23.7 Å². The minimum atomic E-state index is -5.90. The van der Waals surface area contributed by atoms with Gasteiger partial charge < -0.3 is 4.18 Å². The number of aromatic nitrogens is 1. The summed E-state index contributed by atoms with van der Waals surface area (Å²) < 4.78 is 74.7. The number of hydrogen-bond acceptors (Lipinski definition) is 8. The molecule has 0 N–H and O–H groups in total. The molecule has 2 aromatic rings. The van der Waals surface area contributed by atoms with Gasteiger partial charge >= 0.3 is 15.6 Å². The van der Waals surface area contributed by atoms with E-state index >= 15 is 0 Å². The Hall–Kier alpha value is -1.83. The molecule has 34 heavy (non-hydrogen) atoms. The van der Waals surface area contributed by atoms with Crippen molar-refractivity contribution in [3.63, 3.8) is 0 Å². The van der Waals surface area contributed by atoms with Crippen molar-refractivity contribution in [1.82, 2.24) is 9.29 Å². The van der Waals surface area contributed by atoms with E-state index in [2.05, 4.69) is 14.1 Å². The predicted molar refractivity (Wildman–Crippen MR) is 121 cm³/mol. The smallest absolute Gasteiger partial charge is 0.375 e. The van der Waals surface area contributed by atoms with Crippen molar-refractivity contribution in [2.45, 2.75) is 24.3 Å². The van der Waals surface area contributed by atoms with Gasteiger partial charge in [-0.25, -0.2) is 9.19 Å². The molecule has 184 valence electrons. The van der Waals surface area contributed by atoms with Gasteiger partial charge in [0.05, 0.1) is 12.8 Å². The first-order valence-electron chi connectivity index (χ1n) is 10.2. The molecule has 1 unspecified atom stereocenters. The van der Waals surface area contributed by atoms with Gasteiger partial charge in [0.15, 0.2) is 5.76 Å². The quantitative estimate of drug-likeness (QED) is 0.121. The van der Waals surface area contributed by atoms with Gasteiger partial charge in [-0.3, -0.25) is 4.98 Å². The van der Waals surface area contributed by atoms with Crippen LogP contribution in [0.1, 0.15) is 41.1 Å². The lowest BCUT2D eigenvalue weighted by molar-refractivity contribution is -0.163. The Kier molecular flexibility index (Phi) is 7.46. The normalized spacial score (nSPS) is 19.7. The maximum Gasteiger partial charge on any atom is 0.534 e. The van der Waals surface area contributed by atoms with E-state index in [1.165, 1.54) is 19.3 Å². The summed E-state index contributed by atoms with van der Waals surface area (Å²) in [7, 11) is -4.48. The average Bonchev–Trinajstić information content (AvgIpc) is 2.91. The zero-order valence-corrected chi connectivity index (χ0v) is 20.2. The molecule has 1 aliphatic heterocycles. The van der Waals surface area contributed by atoms with Gasteiger partial charge in [-0.15, -0.1) is 4.33 Å². The molecule has 1 fully saturated rings. The number of fused-ring (bicyclic) bond motifs is 2. The second kappa shape index (κ2) is 10.0. The molecule has 1 saturated heterocycles. The Bertz CT molecular complexity index is 1190. The Morgan fingerprint density at radius 3 is 2.62 bits per heavy atom. The highest BCUT2D eigenvalue weighted by Gasteiger charge is 2.49. The molecule has 1 aromatic heterocycles. The SMILES string of the molecule is COOSN1CCC(C2c3ccc(Cl)cc3C(OS(=O)(=O)C(F)(F)F)=Cc3cccnc32)CC1. The third kappa shape index (κ3) is 5.21. The maximum atomic E-state index is 13.1. The van der Waals surface area contributed by atoms with E-state index < -0.39 is 21.4 Å². The van der Waals surface area contributed by atoms with Crippen LogP contribution in [0.5, 0.6) is 0 Å². The van der Waals surface area contributed by atoms with E-state index in [0.717, 1.165) is 25.1 Å². The third-order valence-corrected chi connectivity index (χ3v) is 7.70. The van der Waals surface area contributed by atoms with Crippen molar-refractivity contribution in [1.29, 1.82) is 0 Å². The number of hydrogen-bond donors (Lipinski definition) is 0. The molecule has 0 spiro atoms. The van der Waals surface area contributed by atoms with E-state index in [1.807, 2.05) is 4.31 Å². The van der Waals surface area contributed by atoms with Gasteiger partial charge in [0, 0.05) is 41.4 Å². The van der Waals surface area contributed by atoms with Crippen molar-refractivity contribution in [3.8, 4) is 0 Å². The zero-order valence-electron chi connectivity index (χ0n) is 17.8. The van der Waals surface area contributed by atoms with Crippen LogP contribution in [-0.2, 0) is 23.5 Å². The summed E-state index contributed by atoms with van der Waals surface area (Å²) in [5, 5.41) is 0.234. The molecule has 1 aliphatic carbocycles. The Labute approximate surface area is 204 Å². The lowest BCUT2D eigenvalue weighted by Crippen LogP contribution is -2.32.